The number of nitrogens with zero attached hydrogens (tertiary/aromatic N) is 1. The number of nitrogens with one attached hydrogen (secondary N) is 1. The standard InChI is InChI=1S/C20H26N2O2S/c1-3-4-7-13-24-17-12-6-5-9-14(17)19-18-15(10-8-11-16(18)23)22(2)20(25)21-19/h5-6,9,12,19H,3-4,7-8,10-11,13H2,1-2H3,(H,21,25). The van der Waals surface area contributed by atoms with E-state index in [2.05, 4.69) is 12.2 Å². The predicted octanol–water partition coefficient (Wildman–Crippen LogP) is 4.12. The van der Waals surface area contributed by atoms with Crippen molar-refractivity contribution in [2.24, 2.45) is 0 Å². The highest BCUT2D eigenvalue weighted by molar-refractivity contribution is 7.80. The first-order valence-corrected chi connectivity index (χ1v) is 9.56. The highest BCUT2D eigenvalue weighted by Crippen LogP contribution is 2.39. The van der Waals surface area contributed by atoms with Gasteiger partial charge in [0.2, 0.25) is 0 Å². The van der Waals surface area contributed by atoms with Gasteiger partial charge in [0.05, 0.1) is 12.6 Å². The Hall–Kier alpha value is -1.88. The first-order chi connectivity index (χ1) is 12.1. The van der Waals surface area contributed by atoms with E-state index in [1.54, 1.807) is 0 Å². The number of thiocarbonyl (C=S) groups is 1. The van der Waals surface area contributed by atoms with Gasteiger partial charge in [-0.25, -0.2) is 0 Å². The summed E-state index contributed by atoms with van der Waals surface area (Å²) in [5.41, 5.74) is 2.91. The van der Waals surface area contributed by atoms with Crippen LogP contribution in [-0.2, 0) is 4.79 Å². The summed E-state index contributed by atoms with van der Waals surface area (Å²) >= 11 is 5.51. The van der Waals surface area contributed by atoms with Gasteiger partial charge in [-0.1, -0.05) is 38.0 Å². The highest BCUT2D eigenvalue weighted by Gasteiger charge is 2.36. The van der Waals surface area contributed by atoms with Crippen molar-refractivity contribution in [3.05, 3.63) is 41.1 Å². The van der Waals surface area contributed by atoms with Crippen molar-refractivity contribution in [2.45, 2.75) is 51.5 Å². The first kappa shape index (κ1) is 17.9. The molecule has 1 atom stereocenters. The third-order valence-corrected chi connectivity index (χ3v) is 5.32. The minimum Gasteiger partial charge on any atom is -0.493 e. The average Bonchev–Trinajstić information content (AvgIpc) is 2.62. The van der Waals surface area contributed by atoms with Crippen molar-refractivity contribution in [3.63, 3.8) is 0 Å². The molecule has 1 aliphatic heterocycles. The van der Waals surface area contributed by atoms with E-state index < -0.39 is 0 Å². The zero-order chi connectivity index (χ0) is 17.8. The third-order valence-electron chi connectivity index (χ3n) is 4.93. The molecule has 0 aromatic heterocycles. The van der Waals surface area contributed by atoms with Gasteiger partial charge in [0.25, 0.3) is 0 Å². The van der Waals surface area contributed by atoms with E-state index in [9.17, 15) is 4.79 Å². The molecule has 0 saturated heterocycles. The zero-order valence-corrected chi connectivity index (χ0v) is 15.8. The first-order valence-electron chi connectivity index (χ1n) is 9.15. The number of ether oxygens (including phenoxy) is 1. The molecule has 4 nitrogen and oxygen atoms in total. The number of carbonyl (C=O) groups excluding carboxylic acids is 1. The van der Waals surface area contributed by atoms with Gasteiger partial charge in [0, 0.05) is 30.3 Å². The summed E-state index contributed by atoms with van der Waals surface area (Å²) in [5, 5.41) is 4.02. The van der Waals surface area contributed by atoms with Gasteiger partial charge >= 0.3 is 0 Å². The van der Waals surface area contributed by atoms with E-state index >= 15 is 0 Å². The Morgan fingerprint density at radius 3 is 2.88 bits per heavy atom. The number of rotatable bonds is 6. The maximum atomic E-state index is 12.7. The molecule has 1 aromatic rings. The number of benzene rings is 1. The van der Waals surface area contributed by atoms with Crippen LogP contribution in [0, 0.1) is 0 Å². The lowest BCUT2D eigenvalue weighted by Gasteiger charge is -2.39. The molecule has 0 amide bonds. The summed E-state index contributed by atoms with van der Waals surface area (Å²) < 4.78 is 6.04. The topological polar surface area (TPSA) is 41.6 Å². The second kappa shape index (κ2) is 8.00. The van der Waals surface area contributed by atoms with Gasteiger partial charge in [0.1, 0.15) is 5.75 Å². The number of Topliss-reactive ketones (excluding diaryl/α,β-unsaturated/α-hetero) is 1. The van der Waals surface area contributed by atoms with Crippen LogP contribution in [0.4, 0.5) is 0 Å². The van der Waals surface area contributed by atoms with E-state index in [-0.39, 0.29) is 11.8 Å². The molecule has 0 bridgehead atoms. The summed E-state index contributed by atoms with van der Waals surface area (Å²) in [6.45, 7) is 2.88. The molecule has 5 heteroatoms. The van der Waals surface area contributed by atoms with Crippen LogP contribution in [0.1, 0.15) is 57.1 Å². The molecule has 25 heavy (non-hydrogen) atoms. The van der Waals surface area contributed by atoms with Crippen LogP contribution >= 0.6 is 12.2 Å². The fourth-order valence-corrected chi connectivity index (χ4v) is 3.78. The number of allylic oxidation sites excluding steroid dienone is 1. The molecular weight excluding hydrogens is 332 g/mol. The van der Waals surface area contributed by atoms with E-state index in [1.165, 1.54) is 6.42 Å². The molecule has 1 N–H and O–H groups in total. The lowest BCUT2D eigenvalue weighted by Crippen LogP contribution is -2.47. The van der Waals surface area contributed by atoms with E-state index in [0.717, 1.165) is 48.3 Å². The Morgan fingerprint density at radius 1 is 1.28 bits per heavy atom. The fraction of sp³-hybridized carbons (Fsp3) is 0.500. The molecule has 0 saturated carbocycles. The Bertz CT molecular complexity index is 699. The summed E-state index contributed by atoms with van der Waals surface area (Å²) in [4.78, 5) is 14.6. The van der Waals surface area contributed by atoms with Gasteiger partial charge in [-0.3, -0.25) is 4.79 Å². The Kier molecular flexibility index (Phi) is 5.74. The van der Waals surface area contributed by atoms with Crippen molar-refractivity contribution in [2.75, 3.05) is 13.7 Å². The molecular formula is C20H26N2O2S. The molecule has 1 aliphatic carbocycles. The maximum Gasteiger partial charge on any atom is 0.173 e. The molecule has 0 fully saturated rings. The smallest absolute Gasteiger partial charge is 0.173 e. The number of hydrogen-bond donors (Lipinski definition) is 1. The number of hydrogen-bond acceptors (Lipinski definition) is 3. The summed E-state index contributed by atoms with van der Waals surface area (Å²) in [6, 6.07) is 7.77. The second-order valence-corrected chi connectivity index (χ2v) is 7.06. The Labute approximate surface area is 155 Å². The van der Waals surface area contributed by atoms with Crippen LogP contribution in [0.5, 0.6) is 5.75 Å². The fourth-order valence-electron chi connectivity index (χ4n) is 3.56. The van der Waals surface area contributed by atoms with Gasteiger partial charge in [-0.15, -0.1) is 0 Å². The van der Waals surface area contributed by atoms with Crippen molar-refractivity contribution in [1.82, 2.24) is 10.2 Å². The van der Waals surface area contributed by atoms with Crippen LogP contribution in [0.3, 0.4) is 0 Å². The molecule has 1 aromatic carbocycles. The van der Waals surface area contributed by atoms with Gasteiger partial charge in [-0.05, 0) is 37.5 Å². The predicted molar refractivity (Wildman–Crippen MR) is 104 cm³/mol. The number of unbranched alkanes of at least 4 members (excludes halogenated alkanes) is 2. The van der Waals surface area contributed by atoms with Gasteiger partial charge in [-0.2, -0.15) is 0 Å². The molecule has 1 heterocycles. The van der Waals surface area contributed by atoms with Crippen LogP contribution in [0.15, 0.2) is 35.5 Å². The molecule has 3 rings (SSSR count). The molecule has 1 unspecified atom stereocenters. The SMILES string of the molecule is CCCCCOc1ccccc1C1NC(=S)N(C)C2=C1C(=O)CCC2. The number of ketones is 1. The number of para-hydroxylation sites is 1. The lowest BCUT2D eigenvalue weighted by atomic mass is 9.84. The minimum absolute atomic E-state index is 0.214. The average molecular weight is 359 g/mol. The maximum absolute atomic E-state index is 12.7. The van der Waals surface area contributed by atoms with Crippen molar-refractivity contribution in [1.29, 1.82) is 0 Å². The van der Waals surface area contributed by atoms with Crippen LogP contribution in [-0.4, -0.2) is 29.5 Å². The minimum atomic E-state index is -0.214. The lowest BCUT2D eigenvalue weighted by molar-refractivity contribution is -0.116. The number of carbonyl (C=O) groups is 1. The summed E-state index contributed by atoms with van der Waals surface area (Å²) in [7, 11) is 1.94. The van der Waals surface area contributed by atoms with Gasteiger partial charge in [0.15, 0.2) is 10.9 Å². The summed E-state index contributed by atoms with van der Waals surface area (Å²) in [5.74, 6) is 1.06. The van der Waals surface area contributed by atoms with Crippen molar-refractivity contribution < 1.29 is 9.53 Å². The monoisotopic (exact) mass is 358 g/mol. The highest BCUT2D eigenvalue weighted by atomic mass is 32.1. The zero-order valence-electron chi connectivity index (χ0n) is 15.0. The quantitative estimate of drug-likeness (QED) is 0.612. The third kappa shape index (κ3) is 3.71. The second-order valence-electron chi connectivity index (χ2n) is 6.67. The normalized spacial score (nSPS) is 20.4. The largest absolute Gasteiger partial charge is 0.493 e. The van der Waals surface area contributed by atoms with Crippen LogP contribution in [0.25, 0.3) is 0 Å². The van der Waals surface area contributed by atoms with E-state index in [1.807, 2.05) is 36.2 Å². The molecule has 0 spiro atoms. The summed E-state index contributed by atoms with van der Waals surface area (Å²) in [6.07, 6.45) is 5.77. The van der Waals surface area contributed by atoms with Gasteiger partial charge < -0.3 is 15.0 Å². The molecule has 2 aliphatic rings. The van der Waals surface area contributed by atoms with Crippen molar-refractivity contribution >= 4 is 23.1 Å². The van der Waals surface area contributed by atoms with E-state index in [4.69, 9.17) is 17.0 Å². The molecule has 134 valence electrons. The van der Waals surface area contributed by atoms with Crippen molar-refractivity contribution in [3.8, 4) is 5.75 Å². The Balaban J connectivity index is 1.93. The molecule has 0 radical (unpaired) electrons. The van der Waals surface area contributed by atoms with Crippen LogP contribution in [0.2, 0.25) is 0 Å². The van der Waals surface area contributed by atoms with E-state index in [0.29, 0.717) is 18.1 Å². The van der Waals surface area contributed by atoms with Crippen LogP contribution < -0.4 is 10.1 Å². The Morgan fingerprint density at radius 2 is 2.08 bits per heavy atom.